The molecular weight excluding hydrogens is 406 g/mol. The zero-order valence-corrected chi connectivity index (χ0v) is 18.3. The van der Waals surface area contributed by atoms with Crippen molar-refractivity contribution in [2.45, 2.75) is 25.2 Å². The number of hydrogen-bond donors (Lipinski definition) is 0. The standard InChI is InChI=1S/C22H25NO6S/c1-14(2)13-23-10-9-18-19(21(23)24)11-15(22(25)28-3)12-20(18)29-16-5-7-17(8-6-16)30(4,26)27/h5-8,11-12,14H,9-10,13H2,1-4H3. The van der Waals surface area contributed by atoms with Crippen molar-refractivity contribution in [3.05, 3.63) is 53.1 Å². The van der Waals surface area contributed by atoms with Gasteiger partial charge in [-0.15, -0.1) is 0 Å². The number of amides is 1. The van der Waals surface area contributed by atoms with Crippen LogP contribution in [0, 0.1) is 5.92 Å². The van der Waals surface area contributed by atoms with E-state index in [2.05, 4.69) is 0 Å². The van der Waals surface area contributed by atoms with Gasteiger partial charge in [0, 0.05) is 30.5 Å². The molecule has 2 aromatic carbocycles. The maximum Gasteiger partial charge on any atom is 0.338 e. The third kappa shape index (κ3) is 4.64. The highest BCUT2D eigenvalue weighted by Gasteiger charge is 2.29. The smallest absolute Gasteiger partial charge is 0.338 e. The van der Waals surface area contributed by atoms with Crippen LogP contribution in [0.15, 0.2) is 41.3 Å². The number of esters is 1. The molecule has 0 saturated heterocycles. The Hall–Kier alpha value is -2.87. The number of fused-ring (bicyclic) bond motifs is 1. The molecule has 0 atom stereocenters. The molecule has 1 aliphatic heterocycles. The summed E-state index contributed by atoms with van der Waals surface area (Å²) in [6.45, 7) is 5.28. The maximum absolute atomic E-state index is 13.0. The molecule has 2 aromatic rings. The second-order valence-electron chi connectivity index (χ2n) is 7.73. The number of hydrogen-bond acceptors (Lipinski definition) is 6. The average Bonchev–Trinajstić information content (AvgIpc) is 2.69. The summed E-state index contributed by atoms with van der Waals surface area (Å²) in [7, 11) is -2.04. The number of carbonyl (C=O) groups excluding carboxylic acids is 2. The molecule has 0 aromatic heterocycles. The number of ether oxygens (including phenoxy) is 2. The first-order valence-corrected chi connectivity index (χ1v) is 11.5. The Morgan fingerprint density at radius 3 is 2.40 bits per heavy atom. The van der Waals surface area contributed by atoms with Gasteiger partial charge in [0.2, 0.25) is 0 Å². The molecule has 1 amide bonds. The van der Waals surface area contributed by atoms with Crippen LogP contribution in [0.4, 0.5) is 0 Å². The Morgan fingerprint density at radius 2 is 1.83 bits per heavy atom. The van der Waals surface area contributed by atoms with E-state index >= 15 is 0 Å². The molecule has 0 saturated carbocycles. The van der Waals surface area contributed by atoms with Gasteiger partial charge in [0.1, 0.15) is 11.5 Å². The topological polar surface area (TPSA) is 90.0 Å². The number of carbonyl (C=O) groups is 2. The Kier molecular flexibility index (Phi) is 6.17. The predicted molar refractivity (Wildman–Crippen MR) is 112 cm³/mol. The fourth-order valence-electron chi connectivity index (χ4n) is 3.44. The van der Waals surface area contributed by atoms with E-state index in [0.717, 1.165) is 11.8 Å². The lowest BCUT2D eigenvalue weighted by molar-refractivity contribution is 0.0600. The summed E-state index contributed by atoms with van der Waals surface area (Å²) in [6, 6.07) is 9.11. The van der Waals surface area contributed by atoms with Gasteiger partial charge in [0.05, 0.1) is 17.6 Å². The first kappa shape index (κ1) is 21.8. The fourth-order valence-corrected chi connectivity index (χ4v) is 4.07. The average molecular weight is 432 g/mol. The second kappa shape index (κ2) is 8.47. The van der Waals surface area contributed by atoms with Crippen LogP contribution < -0.4 is 4.74 Å². The molecule has 0 bridgehead atoms. The molecule has 0 aliphatic carbocycles. The van der Waals surface area contributed by atoms with Crippen molar-refractivity contribution in [3.63, 3.8) is 0 Å². The van der Waals surface area contributed by atoms with E-state index < -0.39 is 15.8 Å². The Labute approximate surface area is 176 Å². The van der Waals surface area contributed by atoms with E-state index in [1.54, 1.807) is 29.2 Å². The van der Waals surface area contributed by atoms with Crippen LogP contribution in [-0.4, -0.2) is 51.6 Å². The normalized spacial score (nSPS) is 13.9. The van der Waals surface area contributed by atoms with Crippen LogP contribution in [0.5, 0.6) is 11.5 Å². The summed E-state index contributed by atoms with van der Waals surface area (Å²) in [5.41, 5.74) is 1.37. The second-order valence-corrected chi connectivity index (χ2v) is 9.75. The largest absolute Gasteiger partial charge is 0.465 e. The van der Waals surface area contributed by atoms with Crippen molar-refractivity contribution in [2.75, 3.05) is 26.5 Å². The summed E-state index contributed by atoms with van der Waals surface area (Å²) >= 11 is 0. The Bertz CT molecular complexity index is 1070. The summed E-state index contributed by atoms with van der Waals surface area (Å²) < 4.78 is 34.1. The summed E-state index contributed by atoms with van der Waals surface area (Å²) in [5.74, 6) is 0.404. The lowest BCUT2D eigenvalue weighted by Crippen LogP contribution is -2.40. The van der Waals surface area contributed by atoms with Crippen LogP contribution in [0.3, 0.4) is 0 Å². The Morgan fingerprint density at radius 1 is 1.17 bits per heavy atom. The Balaban J connectivity index is 2.01. The van der Waals surface area contributed by atoms with E-state index in [9.17, 15) is 18.0 Å². The van der Waals surface area contributed by atoms with Gasteiger partial charge in [-0.25, -0.2) is 13.2 Å². The van der Waals surface area contributed by atoms with E-state index in [0.29, 0.717) is 42.5 Å². The summed E-state index contributed by atoms with van der Waals surface area (Å²) in [4.78, 5) is 27.1. The van der Waals surface area contributed by atoms with Gasteiger partial charge in [0.25, 0.3) is 5.91 Å². The van der Waals surface area contributed by atoms with Gasteiger partial charge in [-0.05, 0) is 48.7 Å². The van der Waals surface area contributed by atoms with E-state index in [1.807, 2.05) is 13.8 Å². The van der Waals surface area contributed by atoms with E-state index in [4.69, 9.17) is 9.47 Å². The molecule has 1 heterocycles. The molecule has 1 aliphatic rings. The molecule has 160 valence electrons. The minimum absolute atomic E-state index is 0.145. The molecule has 3 rings (SSSR count). The van der Waals surface area contributed by atoms with Gasteiger partial charge in [0.15, 0.2) is 9.84 Å². The highest BCUT2D eigenvalue weighted by Crippen LogP contribution is 2.34. The molecule has 0 unspecified atom stereocenters. The highest BCUT2D eigenvalue weighted by molar-refractivity contribution is 7.90. The molecule has 0 fully saturated rings. The van der Waals surface area contributed by atoms with Crippen LogP contribution in [0.2, 0.25) is 0 Å². The minimum Gasteiger partial charge on any atom is -0.465 e. The van der Waals surface area contributed by atoms with E-state index in [1.165, 1.54) is 19.2 Å². The maximum atomic E-state index is 13.0. The highest BCUT2D eigenvalue weighted by atomic mass is 32.2. The predicted octanol–water partition coefficient (Wildman–Crippen LogP) is 3.32. The molecule has 8 heteroatoms. The molecule has 0 N–H and O–H groups in total. The molecule has 0 radical (unpaired) electrons. The van der Waals surface area contributed by atoms with Crippen molar-refractivity contribution < 1.29 is 27.5 Å². The monoisotopic (exact) mass is 431 g/mol. The van der Waals surface area contributed by atoms with E-state index in [-0.39, 0.29) is 16.4 Å². The fraction of sp³-hybridized carbons (Fsp3) is 0.364. The van der Waals surface area contributed by atoms with Crippen molar-refractivity contribution in [1.29, 1.82) is 0 Å². The number of methoxy groups -OCH3 is 1. The summed E-state index contributed by atoms with van der Waals surface area (Å²) in [6.07, 6.45) is 1.72. The molecule has 30 heavy (non-hydrogen) atoms. The van der Waals surface area contributed by atoms with Crippen molar-refractivity contribution in [1.82, 2.24) is 4.90 Å². The van der Waals surface area contributed by atoms with Gasteiger partial charge >= 0.3 is 5.97 Å². The van der Waals surface area contributed by atoms with Gasteiger partial charge < -0.3 is 14.4 Å². The third-order valence-electron chi connectivity index (χ3n) is 4.84. The SMILES string of the molecule is COC(=O)c1cc(Oc2ccc(S(C)(=O)=O)cc2)c2c(c1)C(=O)N(CC(C)C)CC2. The molecular formula is C22H25NO6S. The van der Waals surface area contributed by atoms with Crippen LogP contribution >= 0.6 is 0 Å². The number of benzene rings is 2. The quantitative estimate of drug-likeness (QED) is 0.652. The zero-order chi connectivity index (χ0) is 22.1. The zero-order valence-electron chi connectivity index (χ0n) is 17.5. The molecule has 0 spiro atoms. The van der Waals surface area contributed by atoms with Gasteiger partial charge in [-0.2, -0.15) is 0 Å². The number of sulfone groups is 1. The van der Waals surface area contributed by atoms with Crippen molar-refractivity contribution >= 4 is 21.7 Å². The third-order valence-corrected chi connectivity index (χ3v) is 5.97. The first-order chi connectivity index (χ1) is 14.1. The van der Waals surface area contributed by atoms with Crippen LogP contribution in [-0.2, 0) is 21.0 Å². The van der Waals surface area contributed by atoms with Crippen molar-refractivity contribution in [2.24, 2.45) is 5.92 Å². The first-order valence-electron chi connectivity index (χ1n) is 9.62. The van der Waals surface area contributed by atoms with Crippen LogP contribution in [0.1, 0.15) is 40.1 Å². The summed E-state index contributed by atoms with van der Waals surface area (Å²) in [5, 5.41) is 0. The lowest BCUT2D eigenvalue weighted by atomic mass is 9.94. The van der Waals surface area contributed by atoms with Gasteiger partial charge in [-0.3, -0.25) is 4.79 Å². The number of nitrogens with zero attached hydrogens (tertiary/aromatic N) is 1. The molecule has 7 nitrogen and oxygen atoms in total. The van der Waals surface area contributed by atoms with Crippen molar-refractivity contribution in [3.8, 4) is 11.5 Å². The number of rotatable bonds is 6. The minimum atomic E-state index is -3.32. The van der Waals surface area contributed by atoms with Crippen LogP contribution in [0.25, 0.3) is 0 Å². The lowest BCUT2D eigenvalue weighted by Gasteiger charge is -2.31. The van der Waals surface area contributed by atoms with Gasteiger partial charge in [-0.1, -0.05) is 13.8 Å².